The number of benzene rings is 2. The maximum atomic E-state index is 12.5. The van der Waals surface area contributed by atoms with Crippen LogP contribution in [0.5, 0.6) is 0 Å². The van der Waals surface area contributed by atoms with Crippen LogP contribution in [0.1, 0.15) is 100 Å². The summed E-state index contributed by atoms with van der Waals surface area (Å²) in [6.07, 6.45) is 2.48. The molecule has 490 valence electrons. The van der Waals surface area contributed by atoms with Crippen LogP contribution in [0.15, 0.2) is 61.2 Å². The van der Waals surface area contributed by atoms with Crippen molar-refractivity contribution < 1.29 is 68.6 Å². The molecule has 0 radical (unpaired) electrons. The minimum Gasteiger partial charge on any atom is -0.445 e. The van der Waals surface area contributed by atoms with Gasteiger partial charge in [-0.15, -0.1) is 0 Å². The van der Waals surface area contributed by atoms with Gasteiger partial charge in [0.1, 0.15) is 48.7 Å². The minimum absolute atomic E-state index is 0.00260. The number of piperidine rings is 2. The van der Waals surface area contributed by atoms with Gasteiger partial charge in [-0.1, -0.05) is 24.0 Å². The molecule has 6 fully saturated rings. The lowest BCUT2D eigenvalue weighted by molar-refractivity contribution is -0.384. The molecule has 13 N–H and O–H groups in total. The number of rotatable bonds is 12. The van der Waals surface area contributed by atoms with Gasteiger partial charge in [0, 0.05) is 82.6 Å². The number of ether oxygens (including phenoxy) is 4. The van der Waals surface area contributed by atoms with Crippen LogP contribution in [0.25, 0.3) is 22.3 Å². The number of aryl methyl sites for hydroxylation is 1. The number of aromatic nitrogens is 8. The Morgan fingerprint density at radius 2 is 1.13 bits per heavy atom. The van der Waals surface area contributed by atoms with Gasteiger partial charge in [0.2, 0.25) is 11.6 Å². The number of imidazole rings is 2. The van der Waals surface area contributed by atoms with Crippen molar-refractivity contribution in [1.29, 1.82) is 0 Å². The van der Waals surface area contributed by atoms with Crippen molar-refractivity contribution in [2.24, 2.45) is 18.9 Å². The number of nitro benzene ring substituents is 1. The Morgan fingerprint density at radius 1 is 0.663 bits per heavy atom. The number of carbonyl (C=O) groups excluding carboxylic acids is 4. The van der Waals surface area contributed by atoms with E-state index in [0.29, 0.717) is 84.9 Å². The third-order valence-corrected chi connectivity index (χ3v) is 15.8. The number of amides is 4. The molecular weight excluding hydrogens is 1200 g/mol. The number of hydrogen-bond donors (Lipinski definition) is 10. The Balaban J connectivity index is 0.000000179. The molecule has 2 unspecified atom stereocenters. The fourth-order valence-corrected chi connectivity index (χ4v) is 10.2. The quantitative estimate of drug-likeness (QED) is 0.0361. The first-order valence-corrected chi connectivity index (χ1v) is 30.3. The molecular formula is C61H76N16O15. The third-order valence-electron chi connectivity index (χ3n) is 15.8. The van der Waals surface area contributed by atoms with Crippen LogP contribution in [-0.4, -0.2) is 191 Å². The molecule has 12 rings (SSSR count). The number of hydrogen-bond acceptors (Lipinski definition) is 24. The first-order valence-electron chi connectivity index (χ1n) is 30.3. The zero-order valence-corrected chi connectivity index (χ0v) is 50.8. The largest absolute Gasteiger partial charge is 0.445 e. The van der Waals surface area contributed by atoms with E-state index in [1.54, 1.807) is 51.9 Å². The van der Waals surface area contributed by atoms with Crippen molar-refractivity contribution in [2.75, 3.05) is 56.6 Å². The molecule has 2 aliphatic carbocycles. The normalized spacial score (nSPS) is 22.0. The number of carbonyl (C=O) groups is 4. The SMILES string of the molecule is CCO.Cn1cnc2c(N)nc(C#CCC3CCN(C(=O)OCc4ccc([N+](=O)[O-])cc4)CC3)nc21.Nc1ccc(COC(=O)N2CCC(CC#Cc3nc(N)c4ncn([C@@H]5O[C@H](C(=O)NC6CC6)C(O)[C@@H]5O)c4n3)CC2)cc1.O=C(NC1CC1)[C@H]1OC[C@@H](O)C1O. The molecule has 4 aliphatic heterocycles. The summed E-state index contributed by atoms with van der Waals surface area (Å²) in [4.78, 5) is 88.0. The molecule has 2 aromatic carbocycles. The maximum absolute atomic E-state index is 12.5. The fraction of sp³-hybridized carbons (Fsp3) is 0.508. The van der Waals surface area contributed by atoms with Crippen molar-refractivity contribution in [1.82, 2.24) is 59.5 Å². The molecule has 31 heteroatoms. The van der Waals surface area contributed by atoms with E-state index in [1.165, 1.54) is 23.0 Å². The zero-order chi connectivity index (χ0) is 65.6. The van der Waals surface area contributed by atoms with Crippen LogP contribution < -0.4 is 27.8 Å². The number of nitrogens with two attached hydrogens (primary N) is 3. The predicted molar refractivity (Wildman–Crippen MR) is 329 cm³/mol. The van der Waals surface area contributed by atoms with E-state index in [-0.39, 0.29) is 85.1 Å². The fourth-order valence-electron chi connectivity index (χ4n) is 10.2. The number of aliphatic hydroxyl groups excluding tert-OH is 5. The molecule has 6 aromatic rings. The van der Waals surface area contributed by atoms with Crippen LogP contribution in [0.3, 0.4) is 0 Å². The van der Waals surface area contributed by atoms with E-state index >= 15 is 0 Å². The van der Waals surface area contributed by atoms with Crippen molar-refractivity contribution in [2.45, 2.75) is 139 Å². The first kappa shape index (κ1) is 67.1. The Bertz CT molecular complexity index is 3680. The molecule has 2 saturated carbocycles. The highest BCUT2D eigenvalue weighted by Crippen LogP contribution is 2.34. The Kier molecular flexibility index (Phi) is 22.7. The van der Waals surface area contributed by atoms with Crippen LogP contribution in [-0.2, 0) is 48.8 Å². The summed E-state index contributed by atoms with van der Waals surface area (Å²) >= 11 is 0. The number of nitrogens with zero attached hydrogens (tertiary/aromatic N) is 11. The summed E-state index contributed by atoms with van der Waals surface area (Å²) in [7, 11) is 1.84. The molecule has 8 heterocycles. The van der Waals surface area contributed by atoms with Crippen molar-refractivity contribution in [3.63, 3.8) is 0 Å². The van der Waals surface area contributed by atoms with Crippen molar-refractivity contribution in [3.8, 4) is 23.7 Å². The highest BCUT2D eigenvalue weighted by Gasteiger charge is 2.49. The van der Waals surface area contributed by atoms with Gasteiger partial charge in [-0.25, -0.2) is 39.5 Å². The Hall–Kier alpha value is -9.34. The lowest BCUT2D eigenvalue weighted by Crippen LogP contribution is -2.43. The number of anilines is 3. The van der Waals surface area contributed by atoms with Gasteiger partial charge in [-0.2, -0.15) is 0 Å². The second kappa shape index (κ2) is 31.1. The van der Waals surface area contributed by atoms with Crippen LogP contribution in [0.2, 0.25) is 0 Å². The molecule has 4 aromatic heterocycles. The molecule has 4 amide bonds. The lowest BCUT2D eigenvalue weighted by atomic mass is 9.94. The van der Waals surface area contributed by atoms with E-state index in [1.807, 2.05) is 19.2 Å². The number of likely N-dealkylation sites (tertiary alicyclic amines) is 2. The van der Waals surface area contributed by atoms with E-state index in [4.69, 9.17) is 46.4 Å². The second-order valence-corrected chi connectivity index (χ2v) is 23.0. The minimum atomic E-state index is -1.42. The first-order chi connectivity index (χ1) is 44.3. The van der Waals surface area contributed by atoms with Crippen LogP contribution in [0.4, 0.5) is 32.6 Å². The number of aliphatic hydroxyl groups is 5. The molecule has 6 aliphatic rings. The number of nitrogens with one attached hydrogen (secondary N) is 2. The van der Waals surface area contributed by atoms with Crippen LogP contribution in [0, 0.1) is 45.6 Å². The monoisotopic (exact) mass is 1270 g/mol. The molecule has 92 heavy (non-hydrogen) atoms. The third kappa shape index (κ3) is 17.8. The van der Waals surface area contributed by atoms with Gasteiger partial charge in [0.05, 0.1) is 24.2 Å². The molecule has 0 bridgehead atoms. The number of non-ortho nitro benzene ring substituents is 1. The average molecular weight is 1270 g/mol. The van der Waals surface area contributed by atoms with E-state index in [9.17, 15) is 44.6 Å². The standard InChI is InChI=1S/C29H34N8O6.C22H23N7O4.C8H13NO4.C2H6O/c30-18-6-4-17(5-7-18)14-42-29(41)36-12-10-16(11-13-36)2-1-3-20-34-25(31)21-26(35-20)37(15-32-21)28-23(39)22(38)24(43-28)27(40)33-19-8-9-19;1-27-14-24-19-20(23)25-18(26-21(19)27)4-2-3-15-9-11-28(12-10-15)22(30)33-13-16-5-7-17(8-6-16)29(31)32;10-5-3-13-7(6(5)11)8(12)9-4-1-2-4;1-2-3/h4-7,15-16,19,22-24,28,38-39H,2,8-14,30H2,(H,33,40)(H2,31,34,35);5-8,14-15H,3,9-13H2,1H3,(H2,23,25,26);4-7,10-11H,1-3H2,(H,9,12);3H,2H2,1H3/t22?,23-,24-,28+;;5-,6?,7+;/m0.1./s1. The van der Waals surface area contributed by atoms with Gasteiger partial charge in [-0.3, -0.25) is 24.3 Å². The number of nitro groups is 1. The Labute approximate surface area is 528 Å². The molecule has 4 saturated heterocycles. The maximum Gasteiger partial charge on any atom is 0.410 e. The van der Waals surface area contributed by atoms with Gasteiger partial charge in [0.25, 0.3) is 17.5 Å². The van der Waals surface area contributed by atoms with Crippen LogP contribution >= 0.6 is 0 Å². The number of nitrogen functional groups attached to an aromatic ring is 3. The highest BCUT2D eigenvalue weighted by molar-refractivity contribution is 5.84. The van der Waals surface area contributed by atoms with Gasteiger partial charge >= 0.3 is 12.2 Å². The predicted octanol–water partition coefficient (Wildman–Crippen LogP) is 1.71. The smallest absolute Gasteiger partial charge is 0.410 e. The average Bonchev–Trinajstić information content (AvgIpc) is 1.62. The topological polar surface area (TPSA) is 445 Å². The van der Waals surface area contributed by atoms with E-state index < -0.39 is 53.7 Å². The summed E-state index contributed by atoms with van der Waals surface area (Å²) in [5.41, 5.74) is 21.8. The summed E-state index contributed by atoms with van der Waals surface area (Å²) in [6.45, 7) is 4.58. The highest BCUT2D eigenvalue weighted by atomic mass is 16.6. The molecule has 0 spiro atoms. The second-order valence-electron chi connectivity index (χ2n) is 23.0. The molecule has 31 nitrogen and oxygen atoms in total. The summed E-state index contributed by atoms with van der Waals surface area (Å²) in [6, 6.07) is 13.5. The summed E-state index contributed by atoms with van der Waals surface area (Å²) < 4.78 is 24.7. The summed E-state index contributed by atoms with van der Waals surface area (Å²) in [5.74, 6) is 13.0. The zero-order valence-electron chi connectivity index (χ0n) is 50.8. The van der Waals surface area contributed by atoms with Crippen molar-refractivity contribution in [3.05, 3.63) is 94.1 Å². The van der Waals surface area contributed by atoms with Gasteiger partial charge in [-0.05, 0) is 117 Å². The number of fused-ring (bicyclic) bond motifs is 2. The molecule has 7 atom stereocenters. The Morgan fingerprint density at radius 3 is 1.61 bits per heavy atom. The van der Waals surface area contributed by atoms with Gasteiger partial charge in [0.15, 0.2) is 41.4 Å². The van der Waals surface area contributed by atoms with E-state index in [2.05, 4.69) is 64.2 Å². The summed E-state index contributed by atoms with van der Waals surface area (Å²) in [5, 5.41) is 63.4. The van der Waals surface area contributed by atoms with E-state index in [0.717, 1.165) is 56.9 Å². The lowest BCUT2D eigenvalue weighted by Gasteiger charge is -2.30. The van der Waals surface area contributed by atoms with Gasteiger partial charge < -0.3 is 86.7 Å². The van der Waals surface area contributed by atoms with Crippen molar-refractivity contribution >= 4 is 69.3 Å².